The number of alkyl halides is 3. The normalized spacial score (nSPS) is 11.8. The van der Waals surface area contributed by atoms with Crippen molar-refractivity contribution in [3.05, 3.63) is 70.0 Å². The fourth-order valence-corrected chi connectivity index (χ4v) is 2.41. The van der Waals surface area contributed by atoms with Crippen molar-refractivity contribution in [1.29, 1.82) is 0 Å². The van der Waals surface area contributed by atoms with Gasteiger partial charge in [-0.3, -0.25) is 4.79 Å². The SMILES string of the molecule is Cc1ccc(-c2ccc3[nH]c(=O)cc(C(F)(F)F)c3c2)cc1. The minimum atomic E-state index is -4.57. The molecule has 0 spiro atoms. The van der Waals surface area contributed by atoms with Crippen molar-refractivity contribution in [3.63, 3.8) is 0 Å². The molecule has 0 atom stereocenters. The quantitative estimate of drug-likeness (QED) is 0.704. The Morgan fingerprint density at radius 2 is 1.55 bits per heavy atom. The predicted molar refractivity (Wildman–Crippen MR) is 79.7 cm³/mol. The number of nitrogens with one attached hydrogen (secondary N) is 1. The molecular formula is C17H12F3NO. The molecule has 0 aliphatic carbocycles. The Hall–Kier alpha value is -2.56. The van der Waals surface area contributed by atoms with Crippen LogP contribution in [0.2, 0.25) is 0 Å². The van der Waals surface area contributed by atoms with Crippen molar-refractivity contribution in [2.45, 2.75) is 13.1 Å². The van der Waals surface area contributed by atoms with Gasteiger partial charge in [0.25, 0.3) is 0 Å². The number of aromatic amines is 1. The van der Waals surface area contributed by atoms with Crippen LogP contribution in [0.15, 0.2) is 53.3 Å². The topological polar surface area (TPSA) is 32.9 Å². The Balaban J connectivity index is 2.26. The highest BCUT2D eigenvalue weighted by atomic mass is 19.4. The van der Waals surface area contributed by atoms with E-state index in [0.29, 0.717) is 11.6 Å². The fraction of sp³-hybridized carbons (Fsp3) is 0.118. The van der Waals surface area contributed by atoms with Crippen LogP contribution < -0.4 is 5.56 Å². The Morgan fingerprint density at radius 1 is 0.909 bits per heavy atom. The monoisotopic (exact) mass is 303 g/mol. The summed E-state index contributed by atoms with van der Waals surface area (Å²) in [6.07, 6.45) is -4.57. The van der Waals surface area contributed by atoms with Crippen LogP contribution in [0, 0.1) is 6.92 Å². The smallest absolute Gasteiger partial charge is 0.322 e. The molecule has 3 aromatic rings. The molecule has 0 fully saturated rings. The zero-order valence-corrected chi connectivity index (χ0v) is 11.7. The molecule has 0 saturated heterocycles. The van der Waals surface area contributed by atoms with E-state index < -0.39 is 17.3 Å². The molecule has 2 aromatic carbocycles. The number of benzene rings is 2. The van der Waals surface area contributed by atoms with Gasteiger partial charge in [-0.1, -0.05) is 35.9 Å². The largest absolute Gasteiger partial charge is 0.417 e. The zero-order chi connectivity index (χ0) is 15.9. The van der Waals surface area contributed by atoms with Crippen LogP contribution in [0.4, 0.5) is 13.2 Å². The van der Waals surface area contributed by atoms with E-state index in [4.69, 9.17) is 0 Å². The van der Waals surface area contributed by atoms with E-state index in [1.807, 2.05) is 31.2 Å². The molecule has 0 radical (unpaired) electrons. The van der Waals surface area contributed by atoms with Crippen molar-refractivity contribution in [3.8, 4) is 11.1 Å². The third-order valence-electron chi connectivity index (χ3n) is 3.53. The molecule has 1 heterocycles. The number of pyridine rings is 1. The number of aryl methyl sites for hydroxylation is 1. The van der Waals surface area contributed by atoms with Gasteiger partial charge in [0.15, 0.2) is 0 Å². The number of rotatable bonds is 1. The Morgan fingerprint density at radius 3 is 2.18 bits per heavy atom. The molecule has 1 N–H and O–H groups in total. The van der Waals surface area contributed by atoms with E-state index in [0.717, 1.165) is 11.1 Å². The Labute approximate surface area is 124 Å². The van der Waals surface area contributed by atoms with Crippen molar-refractivity contribution in [1.82, 2.24) is 4.98 Å². The summed E-state index contributed by atoms with van der Waals surface area (Å²) < 4.78 is 39.4. The molecule has 0 unspecified atom stereocenters. The summed E-state index contributed by atoms with van der Waals surface area (Å²) in [5, 5.41) is -0.00910. The summed E-state index contributed by atoms with van der Waals surface area (Å²) in [5.41, 5.74) is 1.07. The molecule has 22 heavy (non-hydrogen) atoms. The fourth-order valence-electron chi connectivity index (χ4n) is 2.41. The highest BCUT2D eigenvalue weighted by molar-refractivity contribution is 5.87. The summed E-state index contributed by atoms with van der Waals surface area (Å²) >= 11 is 0. The van der Waals surface area contributed by atoms with Crippen molar-refractivity contribution in [2.24, 2.45) is 0 Å². The van der Waals surface area contributed by atoms with E-state index in [2.05, 4.69) is 4.98 Å². The molecule has 5 heteroatoms. The summed E-state index contributed by atoms with van der Waals surface area (Å²) in [6.45, 7) is 1.94. The van der Waals surface area contributed by atoms with Crippen molar-refractivity contribution in [2.75, 3.05) is 0 Å². The first kappa shape index (κ1) is 14.4. The standard InChI is InChI=1S/C17H12F3NO/c1-10-2-4-11(5-3-10)12-6-7-15-13(8-12)14(17(18,19)20)9-16(22)21-15/h2-9H,1H3,(H,21,22). The second kappa shape index (κ2) is 5.02. The lowest BCUT2D eigenvalue weighted by molar-refractivity contribution is -0.136. The van der Waals surface area contributed by atoms with Gasteiger partial charge in [0, 0.05) is 17.0 Å². The van der Waals surface area contributed by atoms with E-state index in [1.54, 1.807) is 6.07 Å². The van der Waals surface area contributed by atoms with Gasteiger partial charge in [-0.25, -0.2) is 0 Å². The van der Waals surface area contributed by atoms with Crippen LogP contribution in [0.3, 0.4) is 0 Å². The number of H-pyrrole nitrogens is 1. The van der Waals surface area contributed by atoms with Crippen LogP contribution in [0.1, 0.15) is 11.1 Å². The van der Waals surface area contributed by atoms with Gasteiger partial charge in [0.05, 0.1) is 5.56 Å². The first-order chi connectivity index (χ1) is 10.3. The van der Waals surface area contributed by atoms with Crippen LogP contribution >= 0.6 is 0 Å². The number of aromatic nitrogens is 1. The predicted octanol–water partition coefficient (Wildman–Crippen LogP) is 4.52. The average Bonchev–Trinajstić information content (AvgIpc) is 2.46. The van der Waals surface area contributed by atoms with Gasteiger partial charge in [0.2, 0.25) is 5.56 Å². The van der Waals surface area contributed by atoms with Crippen molar-refractivity contribution >= 4 is 10.9 Å². The summed E-state index contributed by atoms with van der Waals surface area (Å²) in [7, 11) is 0. The van der Waals surface area contributed by atoms with Crippen LogP contribution in [0.25, 0.3) is 22.0 Å². The van der Waals surface area contributed by atoms with E-state index in [-0.39, 0.29) is 10.9 Å². The second-order valence-electron chi connectivity index (χ2n) is 5.17. The summed E-state index contributed by atoms with van der Waals surface area (Å²) in [6, 6.07) is 12.8. The lowest BCUT2D eigenvalue weighted by Gasteiger charge is -2.11. The number of hydrogen-bond donors (Lipinski definition) is 1. The third kappa shape index (κ3) is 2.62. The molecule has 112 valence electrons. The minimum Gasteiger partial charge on any atom is -0.322 e. The number of hydrogen-bond acceptors (Lipinski definition) is 1. The molecule has 0 bridgehead atoms. The van der Waals surface area contributed by atoms with Gasteiger partial charge >= 0.3 is 6.18 Å². The third-order valence-corrected chi connectivity index (χ3v) is 3.53. The van der Waals surface area contributed by atoms with Crippen LogP contribution in [-0.4, -0.2) is 4.98 Å². The molecule has 0 amide bonds. The highest BCUT2D eigenvalue weighted by Gasteiger charge is 2.33. The van der Waals surface area contributed by atoms with Gasteiger partial charge in [-0.05, 0) is 30.2 Å². The second-order valence-corrected chi connectivity index (χ2v) is 5.17. The molecule has 2 nitrogen and oxygen atoms in total. The van der Waals surface area contributed by atoms with Crippen molar-refractivity contribution < 1.29 is 13.2 Å². The van der Waals surface area contributed by atoms with Gasteiger partial charge in [-0.15, -0.1) is 0 Å². The van der Waals surface area contributed by atoms with Gasteiger partial charge in [-0.2, -0.15) is 13.2 Å². The average molecular weight is 303 g/mol. The van der Waals surface area contributed by atoms with E-state index in [1.165, 1.54) is 12.1 Å². The minimum absolute atomic E-state index is 0.00910. The molecule has 0 aliphatic heterocycles. The molecule has 3 rings (SSSR count). The van der Waals surface area contributed by atoms with Crippen LogP contribution in [-0.2, 0) is 6.18 Å². The molecule has 0 aliphatic rings. The first-order valence-electron chi connectivity index (χ1n) is 6.66. The van der Waals surface area contributed by atoms with E-state index in [9.17, 15) is 18.0 Å². The lowest BCUT2D eigenvalue weighted by atomic mass is 10.00. The van der Waals surface area contributed by atoms with Gasteiger partial charge in [0.1, 0.15) is 0 Å². The van der Waals surface area contributed by atoms with Gasteiger partial charge < -0.3 is 4.98 Å². The summed E-state index contributed by atoms with van der Waals surface area (Å²) in [5.74, 6) is 0. The molecule has 1 aromatic heterocycles. The maximum Gasteiger partial charge on any atom is 0.417 e. The Bertz CT molecular complexity index is 892. The number of fused-ring (bicyclic) bond motifs is 1. The first-order valence-corrected chi connectivity index (χ1v) is 6.66. The molecule has 0 saturated carbocycles. The summed E-state index contributed by atoms with van der Waals surface area (Å²) in [4.78, 5) is 13.8. The zero-order valence-electron chi connectivity index (χ0n) is 11.7. The highest BCUT2D eigenvalue weighted by Crippen LogP contribution is 2.35. The van der Waals surface area contributed by atoms with Crippen LogP contribution in [0.5, 0.6) is 0 Å². The lowest BCUT2D eigenvalue weighted by Crippen LogP contribution is -2.13. The maximum atomic E-state index is 13.1. The van der Waals surface area contributed by atoms with E-state index >= 15 is 0 Å². The number of halogens is 3. The Kier molecular flexibility index (Phi) is 3.28. The molecular weight excluding hydrogens is 291 g/mol. The maximum absolute atomic E-state index is 13.1.